The van der Waals surface area contributed by atoms with Crippen LogP contribution in [0.5, 0.6) is 0 Å². The van der Waals surface area contributed by atoms with Gasteiger partial charge in [0.05, 0.1) is 0 Å². The van der Waals surface area contributed by atoms with Crippen LogP contribution in [0.2, 0.25) is 0 Å². The Kier molecular flexibility index (Phi) is 4.07. The number of hydrogen-bond donors (Lipinski definition) is 1. The van der Waals surface area contributed by atoms with Crippen LogP contribution in [0.1, 0.15) is 38.4 Å². The maximum absolute atomic E-state index is 12.9. The van der Waals surface area contributed by atoms with Crippen molar-refractivity contribution in [1.82, 2.24) is 19.2 Å². The van der Waals surface area contributed by atoms with Gasteiger partial charge in [-0.05, 0) is 46.1 Å². The fourth-order valence-electron chi connectivity index (χ4n) is 2.98. The zero-order valence-corrected chi connectivity index (χ0v) is 13.6. The molecule has 6 nitrogen and oxygen atoms in total. The first kappa shape index (κ1) is 15.0. The minimum absolute atomic E-state index is 0.171. The van der Waals surface area contributed by atoms with Crippen LogP contribution in [0.15, 0.2) is 11.2 Å². The number of aryl methyl sites for hydroxylation is 2. The van der Waals surface area contributed by atoms with E-state index in [1.165, 1.54) is 0 Å². The molecule has 2 aliphatic rings. The van der Waals surface area contributed by atoms with Crippen molar-refractivity contribution in [1.29, 1.82) is 0 Å². The fourth-order valence-corrected chi connectivity index (χ4v) is 4.71. The van der Waals surface area contributed by atoms with Crippen LogP contribution >= 0.6 is 0 Å². The van der Waals surface area contributed by atoms with Crippen molar-refractivity contribution in [2.24, 2.45) is 0 Å². The lowest BCUT2D eigenvalue weighted by atomic mass is 10.2. The summed E-state index contributed by atoms with van der Waals surface area (Å²) in [4.78, 5) is 4.27. The molecule has 1 aromatic heterocycles. The van der Waals surface area contributed by atoms with Crippen LogP contribution < -0.4 is 5.32 Å². The number of rotatable bonds is 6. The van der Waals surface area contributed by atoms with E-state index in [0.29, 0.717) is 6.54 Å². The van der Waals surface area contributed by atoms with Crippen LogP contribution in [-0.2, 0) is 16.6 Å². The van der Waals surface area contributed by atoms with Crippen molar-refractivity contribution >= 4 is 10.0 Å². The molecule has 0 bridgehead atoms. The van der Waals surface area contributed by atoms with Gasteiger partial charge in [-0.1, -0.05) is 0 Å². The molecule has 1 saturated heterocycles. The summed E-state index contributed by atoms with van der Waals surface area (Å²) in [5.74, 6) is 0.755. The van der Waals surface area contributed by atoms with Crippen molar-refractivity contribution in [2.75, 3.05) is 13.1 Å². The molecule has 1 atom stereocenters. The molecule has 2 heterocycles. The summed E-state index contributed by atoms with van der Waals surface area (Å²) < 4.78 is 29.4. The Bertz CT molecular complexity index is 600. The molecule has 3 rings (SSSR count). The highest BCUT2D eigenvalue weighted by molar-refractivity contribution is 7.89. The topological polar surface area (TPSA) is 67.2 Å². The van der Waals surface area contributed by atoms with E-state index in [4.69, 9.17) is 0 Å². The summed E-state index contributed by atoms with van der Waals surface area (Å²) in [6.07, 6.45) is 5.80. The van der Waals surface area contributed by atoms with Gasteiger partial charge in [0.1, 0.15) is 5.82 Å². The Morgan fingerprint density at radius 2 is 2.19 bits per heavy atom. The molecular weight excluding hydrogens is 288 g/mol. The lowest BCUT2D eigenvalue weighted by molar-refractivity contribution is 0.361. The Hall–Kier alpha value is -0.920. The first-order valence-electron chi connectivity index (χ1n) is 7.81. The number of sulfonamides is 1. The normalized spacial score (nSPS) is 23.1. The van der Waals surface area contributed by atoms with Crippen LogP contribution in [0, 0.1) is 6.92 Å². The maximum atomic E-state index is 12.9. The van der Waals surface area contributed by atoms with Crippen molar-refractivity contribution in [2.45, 2.75) is 63.2 Å². The van der Waals surface area contributed by atoms with E-state index in [0.717, 1.165) is 44.6 Å². The predicted molar refractivity (Wildman–Crippen MR) is 80.6 cm³/mol. The molecule has 1 N–H and O–H groups in total. The minimum atomic E-state index is -3.48. The second-order valence-corrected chi connectivity index (χ2v) is 7.85. The first-order chi connectivity index (χ1) is 10.0. The molecule has 0 aromatic carbocycles. The summed E-state index contributed by atoms with van der Waals surface area (Å²) in [7, 11) is -3.48. The van der Waals surface area contributed by atoms with Gasteiger partial charge in [-0.3, -0.25) is 0 Å². The van der Waals surface area contributed by atoms with Gasteiger partial charge in [-0.25, -0.2) is 13.4 Å². The number of hydrogen-bond acceptors (Lipinski definition) is 4. The Morgan fingerprint density at radius 3 is 2.71 bits per heavy atom. The van der Waals surface area contributed by atoms with E-state index in [1.54, 1.807) is 10.5 Å². The maximum Gasteiger partial charge on any atom is 0.262 e. The van der Waals surface area contributed by atoms with Crippen LogP contribution in [-0.4, -0.2) is 47.4 Å². The van der Waals surface area contributed by atoms with E-state index in [-0.39, 0.29) is 17.1 Å². The van der Waals surface area contributed by atoms with E-state index >= 15 is 0 Å². The third-order valence-corrected chi connectivity index (χ3v) is 6.17. The van der Waals surface area contributed by atoms with Gasteiger partial charge in [-0.2, -0.15) is 4.31 Å². The summed E-state index contributed by atoms with van der Waals surface area (Å²) in [5.41, 5.74) is 0. The number of aromatic nitrogens is 2. The van der Waals surface area contributed by atoms with Gasteiger partial charge in [0.25, 0.3) is 10.0 Å². The van der Waals surface area contributed by atoms with Crippen molar-refractivity contribution in [3.8, 4) is 0 Å². The number of nitrogens with zero attached hydrogens (tertiary/aromatic N) is 3. The molecule has 0 spiro atoms. The standard InChI is InChI=1S/C14H24N4O2S/c1-3-17-10-14(16-11(17)2)21(19,20)18(13-6-7-13)9-12-5-4-8-15-12/h10,12-13,15H,3-9H2,1-2H3. The lowest BCUT2D eigenvalue weighted by Crippen LogP contribution is -2.42. The average molecular weight is 312 g/mol. The monoisotopic (exact) mass is 312 g/mol. The second kappa shape index (κ2) is 5.70. The van der Waals surface area contributed by atoms with Crippen molar-refractivity contribution in [3.05, 3.63) is 12.0 Å². The highest BCUT2D eigenvalue weighted by Gasteiger charge is 2.40. The molecular formula is C14H24N4O2S. The van der Waals surface area contributed by atoms with Crippen LogP contribution in [0.25, 0.3) is 0 Å². The molecule has 1 saturated carbocycles. The highest BCUT2D eigenvalue weighted by atomic mass is 32.2. The molecule has 2 fully saturated rings. The summed E-state index contributed by atoms with van der Waals surface area (Å²) in [5, 5.41) is 3.59. The van der Waals surface area contributed by atoms with Crippen LogP contribution in [0.3, 0.4) is 0 Å². The van der Waals surface area contributed by atoms with E-state index in [9.17, 15) is 8.42 Å². The predicted octanol–water partition coefficient (Wildman–Crippen LogP) is 1.12. The van der Waals surface area contributed by atoms with Gasteiger partial charge >= 0.3 is 0 Å². The van der Waals surface area contributed by atoms with Gasteiger partial charge in [0.2, 0.25) is 0 Å². The molecule has 7 heteroatoms. The third-order valence-electron chi connectivity index (χ3n) is 4.38. The molecule has 1 aliphatic carbocycles. The molecule has 1 aliphatic heterocycles. The molecule has 1 aromatic rings. The largest absolute Gasteiger partial charge is 0.334 e. The Balaban J connectivity index is 1.85. The quantitative estimate of drug-likeness (QED) is 0.855. The van der Waals surface area contributed by atoms with Crippen molar-refractivity contribution in [3.63, 3.8) is 0 Å². The van der Waals surface area contributed by atoms with E-state index < -0.39 is 10.0 Å². The molecule has 0 radical (unpaired) electrons. The Labute approximate surface area is 126 Å². The third kappa shape index (κ3) is 3.00. The van der Waals surface area contributed by atoms with Gasteiger partial charge < -0.3 is 9.88 Å². The number of imidazole rings is 1. The van der Waals surface area contributed by atoms with Gasteiger partial charge in [0, 0.05) is 31.4 Å². The first-order valence-corrected chi connectivity index (χ1v) is 9.25. The number of nitrogens with one attached hydrogen (secondary N) is 1. The minimum Gasteiger partial charge on any atom is -0.334 e. The molecule has 0 amide bonds. The van der Waals surface area contributed by atoms with Gasteiger partial charge in [-0.15, -0.1) is 0 Å². The summed E-state index contributed by atoms with van der Waals surface area (Å²) >= 11 is 0. The molecule has 21 heavy (non-hydrogen) atoms. The summed E-state index contributed by atoms with van der Waals surface area (Å²) in [6, 6.07) is 0.458. The highest BCUT2D eigenvalue weighted by Crippen LogP contribution is 2.32. The fraction of sp³-hybridized carbons (Fsp3) is 0.786. The van der Waals surface area contributed by atoms with E-state index in [1.807, 2.05) is 18.4 Å². The average Bonchev–Trinajstić information content (AvgIpc) is 3.00. The second-order valence-electron chi connectivity index (χ2n) is 6.01. The van der Waals surface area contributed by atoms with Crippen LogP contribution in [0.4, 0.5) is 0 Å². The van der Waals surface area contributed by atoms with Gasteiger partial charge in [0.15, 0.2) is 5.03 Å². The zero-order chi connectivity index (χ0) is 15.0. The smallest absolute Gasteiger partial charge is 0.262 e. The van der Waals surface area contributed by atoms with Crippen molar-refractivity contribution < 1.29 is 8.42 Å². The lowest BCUT2D eigenvalue weighted by Gasteiger charge is -2.24. The zero-order valence-electron chi connectivity index (χ0n) is 12.7. The SMILES string of the molecule is CCn1cc(S(=O)(=O)N(CC2CCCN2)C2CC2)nc1C. The van der Waals surface area contributed by atoms with E-state index in [2.05, 4.69) is 10.3 Å². The molecule has 118 valence electrons. The Morgan fingerprint density at radius 1 is 1.43 bits per heavy atom. The summed E-state index contributed by atoms with van der Waals surface area (Å²) in [6.45, 7) is 6.15. The molecule has 1 unspecified atom stereocenters.